The minimum Gasteiger partial charge on any atom is -0.369 e. The van der Waals surface area contributed by atoms with E-state index in [0.29, 0.717) is 11.2 Å². The number of hydrogen-bond acceptors (Lipinski definition) is 3. The van der Waals surface area contributed by atoms with Crippen molar-refractivity contribution in [3.05, 3.63) is 39.9 Å². The van der Waals surface area contributed by atoms with E-state index < -0.39 is 11.2 Å². The first-order valence-corrected chi connectivity index (χ1v) is 7.10. The Kier molecular flexibility index (Phi) is 3.38. The fourth-order valence-corrected chi connectivity index (χ4v) is 2.95. The molecular weight excluding hydrogens is 269 g/mol. The summed E-state index contributed by atoms with van der Waals surface area (Å²) < 4.78 is 16.1. The van der Waals surface area contributed by atoms with Crippen LogP contribution in [0, 0.1) is 17.1 Å². The van der Waals surface area contributed by atoms with Crippen molar-refractivity contribution in [3.63, 3.8) is 0 Å². The Bertz CT molecular complexity index is 798. The minimum absolute atomic E-state index is 0.0372. The number of halogens is 1. The highest BCUT2D eigenvalue weighted by Crippen LogP contribution is 2.27. The van der Waals surface area contributed by atoms with Crippen molar-refractivity contribution in [2.24, 2.45) is 7.05 Å². The Morgan fingerprint density at radius 3 is 2.62 bits per heavy atom. The predicted molar refractivity (Wildman–Crippen MR) is 79.9 cm³/mol. The first-order valence-electron chi connectivity index (χ1n) is 7.10. The Morgan fingerprint density at radius 1 is 1.24 bits per heavy atom. The lowest BCUT2D eigenvalue weighted by molar-refractivity contribution is 0.557. The van der Waals surface area contributed by atoms with Crippen molar-refractivity contribution in [2.75, 3.05) is 18.0 Å². The number of piperidine rings is 1. The van der Waals surface area contributed by atoms with Crippen LogP contribution in [0.1, 0.15) is 24.8 Å². The molecule has 0 amide bonds. The molecule has 1 aromatic carbocycles. The van der Waals surface area contributed by atoms with Crippen LogP contribution in [0.25, 0.3) is 10.9 Å². The number of aromatic nitrogens is 1. The molecule has 5 heteroatoms. The van der Waals surface area contributed by atoms with Gasteiger partial charge in [-0.15, -0.1) is 0 Å². The average Bonchev–Trinajstić information content (AvgIpc) is 2.51. The van der Waals surface area contributed by atoms with Crippen LogP contribution >= 0.6 is 0 Å². The summed E-state index contributed by atoms with van der Waals surface area (Å²) in [6, 6.07) is 4.85. The van der Waals surface area contributed by atoms with Gasteiger partial charge < -0.3 is 9.47 Å². The Morgan fingerprint density at radius 2 is 1.95 bits per heavy atom. The van der Waals surface area contributed by atoms with E-state index >= 15 is 0 Å². The van der Waals surface area contributed by atoms with Crippen molar-refractivity contribution >= 4 is 16.6 Å². The number of rotatable bonds is 1. The molecule has 21 heavy (non-hydrogen) atoms. The maximum Gasteiger partial charge on any atom is 0.207 e. The number of aryl methyl sites for hydroxylation is 1. The van der Waals surface area contributed by atoms with Gasteiger partial charge in [0.05, 0.1) is 16.6 Å². The zero-order valence-electron chi connectivity index (χ0n) is 11.9. The fourth-order valence-electron chi connectivity index (χ4n) is 2.95. The molecule has 3 rings (SSSR count). The van der Waals surface area contributed by atoms with Crippen LogP contribution in [0.2, 0.25) is 0 Å². The molecule has 0 N–H and O–H groups in total. The van der Waals surface area contributed by atoms with E-state index in [-0.39, 0.29) is 10.9 Å². The molecule has 1 fully saturated rings. The lowest BCUT2D eigenvalue weighted by Crippen LogP contribution is -2.30. The molecule has 108 valence electrons. The lowest BCUT2D eigenvalue weighted by Gasteiger charge is -2.29. The van der Waals surface area contributed by atoms with Gasteiger partial charge in [-0.2, -0.15) is 5.26 Å². The van der Waals surface area contributed by atoms with Crippen molar-refractivity contribution in [2.45, 2.75) is 19.3 Å². The molecule has 0 unspecified atom stereocenters. The van der Waals surface area contributed by atoms with Crippen LogP contribution in [-0.4, -0.2) is 17.7 Å². The topological polar surface area (TPSA) is 49.0 Å². The summed E-state index contributed by atoms with van der Waals surface area (Å²) in [6.45, 7) is 1.68. The summed E-state index contributed by atoms with van der Waals surface area (Å²) in [4.78, 5) is 14.2. The molecule has 4 nitrogen and oxygen atoms in total. The van der Waals surface area contributed by atoms with Crippen molar-refractivity contribution in [1.29, 1.82) is 5.26 Å². The SMILES string of the molecule is Cn1cc(C#N)c(=O)c2cc(F)c(N3CCCCC3)cc21. The van der Waals surface area contributed by atoms with Crippen LogP contribution in [-0.2, 0) is 7.05 Å². The summed E-state index contributed by atoms with van der Waals surface area (Å²) in [6.07, 6.45) is 4.80. The standard InChI is InChI=1S/C16H16FN3O/c1-19-10-11(9-18)16(21)12-7-13(17)15(8-14(12)19)20-5-3-2-4-6-20/h7-8,10H,2-6H2,1H3. The Hall–Kier alpha value is -2.35. The molecule has 0 atom stereocenters. The van der Waals surface area contributed by atoms with Gasteiger partial charge in [0.25, 0.3) is 0 Å². The molecular formula is C16H16FN3O. The van der Waals surface area contributed by atoms with Gasteiger partial charge in [0.1, 0.15) is 17.4 Å². The van der Waals surface area contributed by atoms with E-state index in [4.69, 9.17) is 5.26 Å². The number of anilines is 1. The lowest BCUT2D eigenvalue weighted by atomic mass is 10.1. The van der Waals surface area contributed by atoms with Crippen LogP contribution in [0.5, 0.6) is 0 Å². The van der Waals surface area contributed by atoms with E-state index in [0.717, 1.165) is 25.9 Å². The van der Waals surface area contributed by atoms with Gasteiger partial charge in [-0.3, -0.25) is 4.79 Å². The molecule has 1 aliphatic heterocycles. The van der Waals surface area contributed by atoms with Crippen molar-refractivity contribution in [3.8, 4) is 6.07 Å². The van der Waals surface area contributed by atoms with E-state index in [2.05, 4.69) is 0 Å². The van der Waals surface area contributed by atoms with E-state index in [1.807, 2.05) is 11.0 Å². The van der Waals surface area contributed by atoms with Gasteiger partial charge in [0.15, 0.2) is 0 Å². The summed E-state index contributed by atoms with van der Waals surface area (Å²) in [5, 5.41) is 9.22. The molecule has 0 spiro atoms. The maximum atomic E-state index is 14.4. The third-order valence-electron chi connectivity index (χ3n) is 4.07. The van der Waals surface area contributed by atoms with Gasteiger partial charge in [-0.25, -0.2) is 4.39 Å². The van der Waals surface area contributed by atoms with Crippen LogP contribution in [0.3, 0.4) is 0 Å². The largest absolute Gasteiger partial charge is 0.369 e. The zero-order chi connectivity index (χ0) is 15.0. The average molecular weight is 285 g/mol. The first-order chi connectivity index (χ1) is 10.1. The summed E-state index contributed by atoms with van der Waals surface area (Å²) in [5.41, 5.74) is 0.827. The number of pyridine rings is 1. The molecule has 0 bridgehead atoms. The van der Waals surface area contributed by atoms with E-state index in [1.165, 1.54) is 18.7 Å². The third kappa shape index (κ3) is 2.27. The number of nitrogens with zero attached hydrogens (tertiary/aromatic N) is 3. The molecule has 1 aromatic heterocycles. The zero-order valence-corrected chi connectivity index (χ0v) is 11.9. The van der Waals surface area contributed by atoms with Crippen LogP contribution in [0.15, 0.2) is 23.1 Å². The van der Waals surface area contributed by atoms with E-state index in [1.54, 1.807) is 17.7 Å². The summed E-state index contributed by atoms with van der Waals surface area (Å²) >= 11 is 0. The maximum absolute atomic E-state index is 14.4. The normalized spacial score (nSPS) is 15.2. The predicted octanol–water partition coefficient (Wildman–Crippen LogP) is 2.54. The molecule has 1 saturated heterocycles. The third-order valence-corrected chi connectivity index (χ3v) is 4.07. The number of nitriles is 1. The molecule has 2 heterocycles. The molecule has 2 aromatic rings. The van der Waals surface area contributed by atoms with Gasteiger partial charge in [0, 0.05) is 26.3 Å². The second-order valence-electron chi connectivity index (χ2n) is 5.46. The number of hydrogen-bond donors (Lipinski definition) is 0. The Labute approximate surface area is 122 Å². The van der Waals surface area contributed by atoms with Gasteiger partial charge >= 0.3 is 0 Å². The summed E-state index contributed by atoms with van der Waals surface area (Å²) in [5.74, 6) is -0.392. The highest BCUT2D eigenvalue weighted by molar-refractivity contribution is 5.84. The van der Waals surface area contributed by atoms with Gasteiger partial charge in [0.2, 0.25) is 5.43 Å². The quantitative estimate of drug-likeness (QED) is 0.809. The van der Waals surface area contributed by atoms with Gasteiger partial charge in [-0.05, 0) is 31.4 Å². The van der Waals surface area contributed by atoms with Crippen molar-refractivity contribution in [1.82, 2.24) is 4.57 Å². The van der Waals surface area contributed by atoms with Crippen LogP contribution < -0.4 is 10.3 Å². The highest BCUT2D eigenvalue weighted by atomic mass is 19.1. The number of benzene rings is 1. The first kappa shape index (κ1) is 13.6. The highest BCUT2D eigenvalue weighted by Gasteiger charge is 2.18. The second-order valence-corrected chi connectivity index (χ2v) is 5.46. The fraction of sp³-hybridized carbons (Fsp3) is 0.375. The smallest absolute Gasteiger partial charge is 0.207 e. The molecule has 1 aliphatic rings. The van der Waals surface area contributed by atoms with Gasteiger partial charge in [-0.1, -0.05) is 0 Å². The van der Waals surface area contributed by atoms with Crippen molar-refractivity contribution < 1.29 is 4.39 Å². The number of fused-ring (bicyclic) bond motifs is 1. The molecule has 0 radical (unpaired) electrons. The summed E-state index contributed by atoms with van der Waals surface area (Å²) in [7, 11) is 1.76. The van der Waals surface area contributed by atoms with E-state index in [9.17, 15) is 9.18 Å². The Balaban J connectivity index is 2.22. The molecule has 0 saturated carbocycles. The monoisotopic (exact) mass is 285 g/mol. The molecule has 0 aliphatic carbocycles. The minimum atomic E-state index is -0.408. The van der Waals surface area contributed by atoms with Crippen LogP contribution in [0.4, 0.5) is 10.1 Å². The second kappa shape index (κ2) is 5.21.